The van der Waals surface area contributed by atoms with Crippen molar-refractivity contribution in [1.82, 2.24) is 10.2 Å². The van der Waals surface area contributed by atoms with Crippen molar-refractivity contribution in [2.24, 2.45) is 5.92 Å². The molecule has 0 spiro atoms. The molecule has 220 valence electrons. The van der Waals surface area contributed by atoms with Crippen LogP contribution in [0.2, 0.25) is 0 Å². The van der Waals surface area contributed by atoms with Gasteiger partial charge in [0.15, 0.2) is 6.04 Å². The number of likely N-dealkylation sites (N-methyl/N-ethyl adjacent to an activating group) is 1. The molecule has 0 saturated heterocycles. The molecule has 3 aromatic rings. The highest BCUT2D eigenvalue weighted by Crippen LogP contribution is 2.35. The van der Waals surface area contributed by atoms with Crippen molar-refractivity contribution in [2.45, 2.75) is 50.7 Å². The van der Waals surface area contributed by atoms with Crippen molar-refractivity contribution in [3.05, 3.63) is 65.9 Å². The summed E-state index contributed by atoms with van der Waals surface area (Å²) in [5, 5.41) is 8.93. The lowest BCUT2D eigenvalue weighted by Crippen LogP contribution is -2.43. The molecule has 1 atom stereocenters. The van der Waals surface area contributed by atoms with E-state index in [-0.39, 0.29) is 23.3 Å². The van der Waals surface area contributed by atoms with Crippen LogP contribution in [-0.2, 0) is 11.0 Å². The third-order valence-electron chi connectivity index (χ3n) is 7.42. The van der Waals surface area contributed by atoms with E-state index in [4.69, 9.17) is 4.52 Å². The molecular weight excluding hydrogens is 537 g/mol. The highest BCUT2D eigenvalue weighted by Gasteiger charge is 2.33. The molecule has 1 aliphatic rings. The van der Waals surface area contributed by atoms with E-state index < -0.39 is 29.6 Å². The van der Waals surface area contributed by atoms with Gasteiger partial charge in [0, 0.05) is 37.8 Å². The Morgan fingerprint density at radius 2 is 1.73 bits per heavy atom. The van der Waals surface area contributed by atoms with Gasteiger partial charge in [0.1, 0.15) is 0 Å². The third-order valence-corrected chi connectivity index (χ3v) is 7.42. The lowest BCUT2D eigenvalue weighted by atomic mass is 9.86. The van der Waals surface area contributed by atoms with E-state index in [0.29, 0.717) is 5.92 Å². The minimum absolute atomic E-state index is 0.00900. The molecule has 1 saturated carbocycles. The number of rotatable bonds is 8. The van der Waals surface area contributed by atoms with E-state index in [0.717, 1.165) is 54.8 Å². The number of carbonyl (C=O) groups is 2. The van der Waals surface area contributed by atoms with Crippen LogP contribution in [0.1, 0.15) is 55.7 Å². The van der Waals surface area contributed by atoms with Crippen LogP contribution in [0.5, 0.6) is 0 Å². The molecule has 4 rings (SSSR count). The van der Waals surface area contributed by atoms with E-state index in [2.05, 4.69) is 34.9 Å². The average Bonchev–Trinajstić information content (AvgIpc) is 3.40. The van der Waals surface area contributed by atoms with Crippen LogP contribution in [0.4, 0.5) is 35.2 Å². The Morgan fingerprint density at radius 3 is 2.37 bits per heavy atom. The van der Waals surface area contributed by atoms with Crippen LogP contribution >= 0.6 is 0 Å². The summed E-state index contributed by atoms with van der Waals surface area (Å²) in [5.74, 6) is -0.288. The van der Waals surface area contributed by atoms with Crippen molar-refractivity contribution >= 4 is 29.2 Å². The zero-order valence-electron chi connectivity index (χ0n) is 23.6. The Bertz CT molecular complexity index is 1340. The Morgan fingerprint density at radius 1 is 1.05 bits per heavy atom. The number of nitrogens with zero attached hydrogens (tertiary/aromatic N) is 4. The van der Waals surface area contributed by atoms with Crippen LogP contribution in [-0.4, -0.2) is 49.8 Å². The lowest BCUT2D eigenvalue weighted by molar-refractivity contribution is -0.787. The topological polar surface area (TPSA) is 94.6 Å². The number of anilines is 3. The monoisotopic (exact) mass is 573 g/mol. The number of nitrogens with one attached hydrogen (secondary N) is 2. The second kappa shape index (κ2) is 12.7. The number of alkyl halides is 3. The summed E-state index contributed by atoms with van der Waals surface area (Å²) < 4.78 is 48.1. The predicted molar refractivity (Wildman–Crippen MR) is 149 cm³/mol. The highest BCUT2D eigenvalue weighted by atomic mass is 19.4. The van der Waals surface area contributed by atoms with Crippen molar-refractivity contribution in [3.8, 4) is 0 Å². The average molecular weight is 574 g/mol. The number of hydrogen-bond donors (Lipinski definition) is 2. The molecule has 1 aliphatic carbocycles. The van der Waals surface area contributed by atoms with E-state index in [9.17, 15) is 22.8 Å². The summed E-state index contributed by atoms with van der Waals surface area (Å²) in [4.78, 5) is 29.1. The van der Waals surface area contributed by atoms with Gasteiger partial charge in [-0.2, -0.15) is 13.2 Å². The summed E-state index contributed by atoms with van der Waals surface area (Å²) in [6.07, 6.45) is 0.869. The van der Waals surface area contributed by atoms with Gasteiger partial charge in [-0.05, 0) is 68.2 Å². The molecule has 1 aromatic heterocycles. The maximum Gasteiger partial charge on any atom is 0.416 e. The SMILES string of the molecule is CC(C(=O)N(C)c1cc(NC(=O)Nc2c[n+](C3CCC(CN(C)C)CC3)no2)cc(C(F)(F)F)c1)c1ccccc1. The first kappa shape index (κ1) is 30.0. The molecular formula is C29H36F3N6O3+. The van der Waals surface area contributed by atoms with Crippen LogP contribution in [0.25, 0.3) is 0 Å². The van der Waals surface area contributed by atoms with Gasteiger partial charge < -0.3 is 15.1 Å². The van der Waals surface area contributed by atoms with Gasteiger partial charge in [-0.15, -0.1) is 0 Å². The van der Waals surface area contributed by atoms with Gasteiger partial charge in [0.05, 0.1) is 11.5 Å². The van der Waals surface area contributed by atoms with Crippen molar-refractivity contribution in [3.63, 3.8) is 0 Å². The summed E-state index contributed by atoms with van der Waals surface area (Å²) >= 11 is 0. The van der Waals surface area contributed by atoms with E-state index in [1.807, 2.05) is 6.07 Å². The first-order valence-corrected chi connectivity index (χ1v) is 13.6. The quantitative estimate of drug-likeness (QED) is 0.338. The number of aromatic nitrogens is 2. The molecule has 1 unspecified atom stereocenters. The van der Waals surface area contributed by atoms with Crippen LogP contribution in [0, 0.1) is 5.92 Å². The molecule has 12 heteroatoms. The van der Waals surface area contributed by atoms with Gasteiger partial charge in [0.25, 0.3) is 6.20 Å². The molecule has 1 fully saturated rings. The number of urea groups is 1. The first-order chi connectivity index (χ1) is 19.4. The van der Waals surface area contributed by atoms with Gasteiger partial charge in [-0.1, -0.05) is 30.3 Å². The van der Waals surface area contributed by atoms with Crippen molar-refractivity contribution in [2.75, 3.05) is 43.2 Å². The Hall–Kier alpha value is -3.93. The maximum atomic E-state index is 13.7. The molecule has 0 aliphatic heterocycles. The molecule has 3 amide bonds. The zero-order chi connectivity index (χ0) is 29.7. The highest BCUT2D eigenvalue weighted by molar-refractivity contribution is 6.01. The molecule has 41 heavy (non-hydrogen) atoms. The van der Waals surface area contributed by atoms with E-state index in [1.165, 1.54) is 13.1 Å². The summed E-state index contributed by atoms with van der Waals surface area (Å²) in [5.41, 5.74) is -0.407. The summed E-state index contributed by atoms with van der Waals surface area (Å²) in [7, 11) is 5.53. The van der Waals surface area contributed by atoms with Crippen molar-refractivity contribution < 1.29 is 32.0 Å². The fourth-order valence-corrected chi connectivity index (χ4v) is 5.21. The number of benzene rings is 2. The second-order valence-electron chi connectivity index (χ2n) is 10.9. The number of amides is 3. The van der Waals surface area contributed by atoms with Gasteiger partial charge in [-0.3, -0.25) is 14.6 Å². The summed E-state index contributed by atoms with van der Waals surface area (Å²) in [6, 6.07) is 11.3. The first-order valence-electron chi connectivity index (χ1n) is 13.6. The zero-order valence-corrected chi connectivity index (χ0v) is 23.6. The maximum absolute atomic E-state index is 13.7. The minimum Gasteiger partial charge on any atom is -0.315 e. The molecule has 9 nitrogen and oxygen atoms in total. The number of carbonyl (C=O) groups excluding carboxylic acids is 2. The minimum atomic E-state index is -4.69. The molecule has 0 radical (unpaired) electrons. The fraction of sp³-hybridized carbons (Fsp3) is 0.448. The second-order valence-corrected chi connectivity index (χ2v) is 10.9. The van der Waals surface area contributed by atoms with E-state index >= 15 is 0 Å². The van der Waals surface area contributed by atoms with Gasteiger partial charge in [0.2, 0.25) is 11.2 Å². The van der Waals surface area contributed by atoms with E-state index in [1.54, 1.807) is 42.1 Å². The normalized spacial score (nSPS) is 18.1. The van der Waals surface area contributed by atoms with Crippen LogP contribution < -0.4 is 20.2 Å². The Balaban J connectivity index is 1.44. The lowest BCUT2D eigenvalue weighted by Gasteiger charge is -2.26. The van der Waals surface area contributed by atoms with Gasteiger partial charge >= 0.3 is 18.1 Å². The van der Waals surface area contributed by atoms with Crippen LogP contribution in [0.15, 0.2) is 59.3 Å². The Kier molecular flexibility index (Phi) is 9.31. The largest absolute Gasteiger partial charge is 0.416 e. The van der Waals surface area contributed by atoms with Crippen LogP contribution in [0.3, 0.4) is 0 Å². The molecule has 0 bridgehead atoms. The predicted octanol–water partition coefficient (Wildman–Crippen LogP) is 5.68. The molecule has 1 heterocycles. The smallest absolute Gasteiger partial charge is 0.315 e. The number of hydrogen-bond acceptors (Lipinski definition) is 5. The molecule has 2 aromatic carbocycles. The third kappa shape index (κ3) is 7.84. The summed E-state index contributed by atoms with van der Waals surface area (Å²) in [6.45, 7) is 2.73. The number of halogens is 3. The molecule has 2 N–H and O–H groups in total. The fourth-order valence-electron chi connectivity index (χ4n) is 5.21. The van der Waals surface area contributed by atoms with Gasteiger partial charge in [-0.25, -0.2) is 4.79 Å². The standard InChI is InChI=1S/C29H35F3N6O3/c1-19(21-8-6-5-7-9-21)27(39)37(4)25-15-22(29(30,31)32)14-23(16-25)33-28(40)34-26-18-38(35-41-26)24-12-10-20(11-13-24)17-36(2)3/h5-9,14-16,18-20,24H,10-13,17H2,1-4H3,(H-,33,34,35,40)/p+1. The van der Waals surface area contributed by atoms with Crippen molar-refractivity contribution in [1.29, 1.82) is 0 Å². The Labute approximate surface area is 237 Å².